The Balaban J connectivity index is 0.00000456. The molecule has 0 radical (unpaired) electrons. The lowest BCUT2D eigenvalue weighted by Gasteiger charge is -2.23. The van der Waals surface area contributed by atoms with Gasteiger partial charge in [0.25, 0.3) is 0 Å². The van der Waals surface area contributed by atoms with E-state index in [4.69, 9.17) is 15.6 Å². The molecule has 0 bridgehead atoms. The molecule has 1 aliphatic heterocycles. The quantitative estimate of drug-likeness (QED) is 0.405. The van der Waals surface area contributed by atoms with Crippen LogP contribution in [-0.2, 0) is 27.3 Å². The molecule has 0 aliphatic carbocycles. The summed E-state index contributed by atoms with van der Waals surface area (Å²) in [5.74, 6) is -5.28. The highest BCUT2D eigenvalue weighted by Gasteiger charge is 2.33. The first-order chi connectivity index (χ1) is 16.6. The first-order valence-corrected chi connectivity index (χ1v) is 10.6. The standard InChI is InChI=1S/C23H23F3N4O5.ClH/c24-17-10-19(26)18(25)8-14(17)7-15(27)9-21(31)30-20(5-6-29-30)23(34)28-11-13-1-3-16(4-2-13)35-12-22(32)33;/h1-4,6,8,10,15,20H,5,7,9,11-12,27H2,(H,28,34)(H,32,33);1H/t15-,20?;/m1./s1. The molecule has 2 amide bonds. The van der Waals surface area contributed by atoms with Crippen molar-refractivity contribution in [1.29, 1.82) is 0 Å². The summed E-state index contributed by atoms with van der Waals surface area (Å²) >= 11 is 0. The molecule has 9 nitrogen and oxygen atoms in total. The summed E-state index contributed by atoms with van der Waals surface area (Å²) in [6.45, 7) is -0.327. The highest BCUT2D eigenvalue weighted by atomic mass is 35.5. The van der Waals surface area contributed by atoms with Crippen molar-refractivity contribution >= 4 is 36.4 Å². The van der Waals surface area contributed by atoms with E-state index in [0.717, 1.165) is 5.01 Å². The summed E-state index contributed by atoms with van der Waals surface area (Å²) in [6.07, 6.45) is 1.09. The van der Waals surface area contributed by atoms with Gasteiger partial charge in [-0.05, 0) is 35.7 Å². The summed E-state index contributed by atoms with van der Waals surface area (Å²) < 4.78 is 45.4. The Bertz CT molecular complexity index is 1130. The number of carboxylic acid groups (broad SMARTS) is 1. The molecule has 0 saturated heterocycles. The fourth-order valence-electron chi connectivity index (χ4n) is 3.42. The van der Waals surface area contributed by atoms with Crippen LogP contribution in [0.3, 0.4) is 0 Å². The summed E-state index contributed by atoms with van der Waals surface area (Å²) in [5, 5.41) is 16.3. The molecule has 1 heterocycles. The van der Waals surface area contributed by atoms with Gasteiger partial charge in [0.1, 0.15) is 17.6 Å². The molecule has 2 aromatic rings. The molecular formula is C23H24ClF3N4O5. The number of benzene rings is 2. The molecule has 36 heavy (non-hydrogen) atoms. The molecule has 0 spiro atoms. The van der Waals surface area contributed by atoms with Crippen LogP contribution in [0, 0.1) is 17.5 Å². The average molecular weight is 529 g/mol. The third-order valence-corrected chi connectivity index (χ3v) is 5.15. The van der Waals surface area contributed by atoms with Crippen molar-refractivity contribution in [2.45, 2.75) is 37.9 Å². The fourth-order valence-corrected chi connectivity index (χ4v) is 3.42. The van der Waals surface area contributed by atoms with E-state index in [1.807, 2.05) is 0 Å². The monoisotopic (exact) mass is 528 g/mol. The molecule has 2 atom stereocenters. The number of rotatable bonds is 10. The van der Waals surface area contributed by atoms with E-state index in [1.54, 1.807) is 24.3 Å². The average Bonchev–Trinajstić information content (AvgIpc) is 3.30. The molecule has 0 fully saturated rings. The Kier molecular flexibility index (Phi) is 10.2. The van der Waals surface area contributed by atoms with Gasteiger partial charge in [-0.15, -0.1) is 12.4 Å². The maximum atomic E-state index is 13.8. The molecule has 13 heteroatoms. The number of hydrogen-bond donors (Lipinski definition) is 3. The van der Waals surface area contributed by atoms with Crippen LogP contribution in [0.25, 0.3) is 0 Å². The van der Waals surface area contributed by atoms with Gasteiger partial charge >= 0.3 is 5.97 Å². The van der Waals surface area contributed by atoms with E-state index >= 15 is 0 Å². The van der Waals surface area contributed by atoms with E-state index in [2.05, 4.69) is 10.4 Å². The second kappa shape index (κ2) is 12.9. The molecule has 1 unspecified atom stereocenters. The van der Waals surface area contributed by atoms with Crippen LogP contribution in [0.5, 0.6) is 5.75 Å². The van der Waals surface area contributed by atoms with Crippen molar-refractivity contribution in [1.82, 2.24) is 10.3 Å². The van der Waals surface area contributed by atoms with Gasteiger partial charge in [0.2, 0.25) is 11.8 Å². The number of carbonyl (C=O) groups excluding carboxylic acids is 2. The molecule has 4 N–H and O–H groups in total. The van der Waals surface area contributed by atoms with Gasteiger partial charge in [-0.3, -0.25) is 9.59 Å². The molecule has 2 aromatic carbocycles. The number of nitrogens with one attached hydrogen (secondary N) is 1. The lowest BCUT2D eigenvalue weighted by Crippen LogP contribution is -2.46. The predicted octanol–water partition coefficient (Wildman–Crippen LogP) is 2.15. The van der Waals surface area contributed by atoms with Crippen LogP contribution in [0.15, 0.2) is 41.5 Å². The number of hydrogen-bond acceptors (Lipinski definition) is 6. The van der Waals surface area contributed by atoms with Crippen molar-refractivity contribution in [3.8, 4) is 5.75 Å². The summed E-state index contributed by atoms with van der Waals surface area (Å²) in [4.78, 5) is 35.8. The lowest BCUT2D eigenvalue weighted by atomic mass is 10.0. The Hall–Kier alpha value is -3.64. The minimum atomic E-state index is -1.32. The highest BCUT2D eigenvalue weighted by Crippen LogP contribution is 2.18. The van der Waals surface area contributed by atoms with Crippen molar-refractivity contribution in [3.63, 3.8) is 0 Å². The van der Waals surface area contributed by atoms with Crippen LogP contribution in [0.2, 0.25) is 0 Å². The number of hydrazone groups is 1. The minimum Gasteiger partial charge on any atom is -0.482 e. The lowest BCUT2D eigenvalue weighted by molar-refractivity contribution is -0.139. The molecule has 194 valence electrons. The van der Waals surface area contributed by atoms with Crippen LogP contribution in [0.4, 0.5) is 13.2 Å². The first-order valence-electron chi connectivity index (χ1n) is 10.6. The Labute approximate surface area is 210 Å². The number of halogens is 4. The first kappa shape index (κ1) is 28.6. The predicted molar refractivity (Wildman–Crippen MR) is 125 cm³/mol. The van der Waals surface area contributed by atoms with Crippen molar-refractivity contribution in [3.05, 3.63) is 65.0 Å². The highest BCUT2D eigenvalue weighted by molar-refractivity contribution is 5.92. The van der Waals surface area contributed by atoms with Crippen molar-refractivity contribution in [2.75, 3.05) is 6.61 Å². The molecule has 3 rings (SSSR count). The number of carboxylic acids is 1. The second-order valence-electron chi connectivity index (χ2n) is 7.86. The zero-order valence-corrected chi connectivity index (χ0v) is 19.6. The topological polar surface area (TPSA) is 134 Å². The zero-order chi connectivity index (χ0) is 25.5. The summed E-state index contributed by atoms with van der Waals surface area (Å²) in [7, 11) is 0. The maximum absolute atomic E-state index is 13.8. The largest absolute Gasteiger partial charge is 0.482 e. The van der Waals surface area contributed by atoms with E-state index in [9.17, 15) is 27.6 Å². The van der Waals surface area contributed by atoms with Crippen LogP contribution in [-0.4, -0.2) is 52.8 Å². The van der Waals surface area contributed by atoms with Gasteiger partial charge in [0.15, 0.2) is 18.2 Å². The Morgan fingerprint density at radius 2 is 1.81 bits per heavy atom. The van der Waals surface area contributed by atoms with Crippen molar-refractivity contribution < 1.29 is 37.4 Å². The molecule has 1 aliphatic rings. The van der Waals surface area contributed by atoms with Crippen LogP contribution >= 0.6 is 12.4 Å². The third-order valence-electron chi connectivity index (χ3n) is 5.15. The van der Waals surface area contributed by atoms with Crippen LogP contribution < -0.4 is 15.8 Å². The fraction of sp³-hybridized carbons (Fsp3) is 0.304. The molecule has 0 aromatic heterocycles. The van der Waals surface area contributed by atoms with Crippen LogP contribution in [0.1, 0.15) is 24.0 Å². The molecule has 0 saturated carbocycles. The maximum Gasteiger partial charge on any atom is 0.341 e. The van der Waals surface area contributed by atoms with Gasteiger partial charge in [0.05, 0.1) is 0 Å². The van der Waals surface area contributed by atoms with Gasteiger partial charge in [0, 0.05) is 37.7 Å². The number of carbonyl (C=O) groups is 3. The SMILES string of the molecule is Cl.N[C@@H](CC(=O)N1N=CCC1C(=O)NCc1ccc(OCC(=O)O)cc1)Cc1cc(F)c(F)cc1F. The number of ether oxygens (including phenoxy) is 1. The van der Waals surface area contributed by atoms with E-state index < -0.39 is 53.9 Å². The van der Waals surface area contributed by atoms with E-state index in [1.165, 1.54) is 6.21 Å². The smallest absolute Gasteiger partial charge is 0.341 e. The summed E-state index contributed by atoms with van der Waals surface area (Å²) in [6, 6.07) is 5.75. The number of aliphatic carboxylic acids is 1. The van der Waals surface area contributed by atoms with E-state index in [0.29, 0.717) is 23.4 Å². The van der Waals surface area contributed by atoms with Gasteiger partial charge in [-0.2, -0.15) is 5.10 Å². The normalized spacial score (nSPS) is 15.2. The number of nitrogens with two attached hydrogens (primary N) is 1. The zero-order valence-electron chi connectivity index (χ0n) is 18.8. The number of nitrogens with zero attached hydrogens (tertiary/aromatic N) is 2. The third kappa shape index (κ3) is 7.68. The van der Waals surface area contributed by atoms with E-state index in [-0.39, 0.29) is 43.8 Å². The minimum absolute atomic E-state index is 0. The Morgan fingerprint density at radius 1 is 1.14 bits per heavy atom. The number of amides is 2. The molecular weight excluding hydrogens is 505 g/mol. The second-order valence-corrected chi connectivity index (χ2v) is 7.86. The van der Waals surface area contributed by atoms with Gasteiger partial charge in [-0.25, -0.2) is 23.0 Å². The van der Waals surface area contributed by atoms with Gasteiger partial charge < -0.3 is 20.9 Å². The van der Waals surface area contributed by atoms with Gasteiger partial charge in [-0.1, -0.05) is 12.1 Å². The summed E-state index contributed by atoms with van der Waals surface area (Å²) in [5.41, 5.74) is 6.46. The van der Waals surface area contributed by atoms with Crippen molar-refractivity contribution in [2.24, 2.45) is 10.8 Å². The Morgan fingerprint density at radius 3 is 2.47 bits per heavy atom.